The van der Waals surface area contributed by atoms with E-state index in [2.05, 4.69) is 26.4 Å². The van der Waals surface area contributed by atoms with Gasteiger partial charge in [0, 0.05) is 43.9 Å². The molecule has 0 spiro atoms. The molecule has 0 radical (unpaired) electrons. The van der Waals surface area contributed by atoms with Crippen molar-refractivity contribution in [3.8, 4) is 17.2 Å². The van der Waals surface area contributed by atoms with Gasteiger partial charge in [-0.2, -0.15) is 5.10 Å². The minimum Gasteiger partial charge on any atom is -0.495 e. The number of benzene rings is 3. The number of methoxy groups -OCH3 is 1. The molecule has 1 fully saturated rings. The van der Waals surface area contributed by atoms with Crippen LogP contribution < -0.4 is 24.5 Å². The summed E-state index contributed by atoms with van der Waals surface area (Å²) in [7, 11) is 1.72. The van der Waals surface area contributed by atoms with Crippen LogP contribution in [0.25, 0.3) is 0 Å². The molecule has 0 atom stereocenters. The van der Waals surface area contributed by atoms with Crippen LogP contribution in [-0.4, -0.2) is 63.0 Å². The Hall–Kier alpha value is -4.04. The minimum atomic E-state index is -0.242. The summed E-state index contributed by atoms with van der Waals surface area (Å²) in [4.78, 5) is 17.5. The molecule has 1 N–H and O–H groups in total. The summed E-state index contributed by atoms with van der Waals surface area (Å²) in [5, 5.41) is 4.28. The van der Waals surface area contributed by atoms with Gasteiger partial charge in [-0.15, -0.1) is 0 Å². The number of para-hydroxylation sites is 2. The van der Waals surface area contributed by atoms with Crippen molar-refractivity contribution in [1.29, 1.82) is 0 Å². The summed E-state index contributed by atoms with van der Waals surface area (Å²) in [6, 6.07) is 21.5. The van der Waals surface area contributed by atoms with Crippen molar-refractivity contribution in [2.45, 2.75) is 13.5 Å². The summed E-state index contributed by atoms with van der Waals surface area (Å²) < 4.78 is 16.7. The first kappa shape index (κ1) is 24.6. The molecule has 8 heteroatoms. The van der Waals surface area contributed by atoms with Crippen LogP contribution in [0.15, 0.2) is 71.8 Å². The maximum absolute atomic E-state index is 12.6. The second-order valence-electron chi connectivity index (χ2n) is 9.13. The number of nitrogens with one attached hydrogen (secondary N) is 1. The Morgan fingerprint density at radius 1 is 0.919 bits per heavy atom. The predicted octanol–water partition coefficient (Wildman–Crippen LogP) is 3.94. The molecule has 8 nitrogen and oxygen atoms in total. The van der Waals surface area contributed by atoms with Gasteiger partial charge in [0.05, 0.1) is 18.5 Å². The van der Waals surface area contributed by atoms with Gasteiger partial charge in [0.2, 0.25) is 0 Å². The zero-order valence-corrected chi connectivity index (χ0v) is 21.3. The first-order valence-corrected chi connectivity index (χ1v) is 12.5. The third-order valence-corrected chi connectivity index (χ3v) is 6.71. The number of carbonyl (C=O) groups is 1. The largest absolute Gasteiger partial charge is 0.495 e. The highest BCUT2D eigenvalue weighted by Crippen LogP contribution is 2.31. The Morgan fingerprint density at radius 3 is 2.38 bits per heavy atom. The number of nitrogens with zero attached hydrogens (tertiary/aromatic N) is 3. The number of ether oxygens (including phenoxy) is 3. The van der Waals surface area contributed by atoms with Crippen molar-refractivity contribution < 1.29 is 19.0 Å². The van der Waals surface area contributed by atoms with Crippen molar-refractivity contribution in [3.63, 3.8) is 0 Å². The third-order valence-electron chi connectivity index (χ3n) is 6.71. The molecule has 3 aromatic rings. The molecule has 5 rings (SSSR count). The number of anilines is 1. The molecule has 0 saturated carbocycles. The van der Waals surface area contributed by atoms with E-state index in [1.54, 1.807) is 7.11 Å². The summed E-state index contributed by atoms with van der Waals surface area (Å²) >= 11 is 0. The summed E-state index contributed by atoms with van der Waals surface area (Å²) in [5.74, 6) is 2.09. The van der Waals surface area contributed by atoms with Gasteiger partial charge < -0.3 is 19.1 Å². The van der Waals surface area contributed by atoms with E-state index in [9.17, 15) is 4.79 Å². The minimum absolute atomic E-state index is 0.242. The van der Waals surface area contributed by atoms with Crippen molar-refractivity contribution in [1.82, 2.24) is 10.3 Å². The van der Waals surface area contributed by atoms with E-state index >= 15 is 0 Å². The lowest BCUT2D eigenvalue weighted by molar-refractivity contribution is 0.0955. The van der Waals surface area contributed by atoms with Gasteiger partial charge in [-0.1, -0.05) is 24.3 Å². The molecule has 192 valence electrons. The van der Waals surface area contributed by atoms with Gasteiger partial charge in [0.25, 0.3) is 5.91 Å². The fourth-order valence-corrected chi connectivity index (χ4v) is 4.59. The van der Waals surface area contributed by atoms with Gasteiger partial charge in [0.1, 0.15) is 19.0 Å². The molecular weight excluding hydrogens is 468 g/mol. The van der Waals surface area contributed by atoms with Crippen LogP contribution >= 0.6 is 0 Å². The summed E-state index contributed by atoms with van der Waals surface area (Å²) in [5.41, 5.74) is 7.11. The number of rotatable bonds is 7. The fraction of sp³-hybridized carbons (Fsp3) is 0.310. The van der Waals surface area contributed by atoms with Crippen molar-refractivity contribution >= 4 is 17.3 Å². The Balaban J connectivity index is 1.13. The van der Waals surface area contributed by atoms with E-state index in [1.165, 1.54) is 5.56 Å². The van der Waals surface area contributed by atoms with E-state index in [1.807, 2.05) is 67.6 Å². The molecule has 0 aromatic heterocycles. The van der Waals surface area contributed by atoms with E-state index in [0.717, 1.165) is 55.5 Å². The lowest BCUT2D eigenvalue weighted by Crippen LogP contribution is -2.46. The van der Waals surface area contributed by atoms with Crippen LogP contribution in [0.2, 0.25) is 0 Å². The maximum Gasteiger partial charge on any atom is 0.271 e. The number of fused-ring (bicyclic) bond motifs is 1. The van der Waals surface area contributed by atoms with E-state index in [0.29, 0.717) is 30.2 Å². The Kier molecular flexibility index (Phi) is 7.56. The van der Waals surface area contributed by atoms with Crippen LogP contribution in [0, 0.1) is 0 Å². The molecule has 2 aliphatic heterocycles. The lowest BCUT2D eigenvalue weighted by atomic mass is 10.1. The molecule has 1 saturated heterocycles. The van der Waals surface area contributed by atoms with Crippen molar-refractivity contribution in [2.75, 3.05) is 51.4 Å². The normalized spacial score (nSPS) is 15.8. The molecule has 37 heavy (non-hydrogen) atoms. The number of amides is 1. The maximum atomic E-state index is 12.6. The van der Waals surface area contributed by atoms with Gasteiger partial charge in [0.15, 0.2) is 11.5 Å². The van der Waals surface area contributed by atoms with E-state index in [4.69, 9.17) is 14.2 Å². The molecule has 0 bridgehead atoms. The Bertz CT molecular complexity index is 1270. The molecule has 2 aliphatic rings. The summed E-state index contributed by atoms with van der Waals surface area (Å²) in [6.07, 6.45) is 0. The topological polar surface area (TPSA) is 75.6 Å². The molecule has 3 aromatic carbocycles. The van der Waals surface area contributed by atoms with Crippen molar-refractivity contribution in [2.24, 2.45) is 5.10 Å². The number of hydrazone groups is 1. The zero-order valence-electron chi connectivity index (χ0n) is 21.3. The Morgan fingerprint density at radius 2 is 1.62 bits per heavy atom. The van der Waals surface area contributed by atoms with Crippen LogP contribution in [0.3, 0.4) is 0 Å². The highest BCUT2D eigenvalue weighted by Gasteiger charge is 2.20. The van der Waals surface area contributed by atoms with Gasteiger partial charge in [-0.3, -0.25) is 9.69 Å². The van der Waals surface area contributed by atoms with Crippen LogP contribution in [0.5, 0.6) is 17.2 Å². The predicted molar refractivity (Wildman–Crippen MR) is 144 cm³/mol. The first-order valence-electron chi connectivity index (χ1n) is 12.5. The number of hydrogen-bond donors (Lipinski definition) is 1. The van der Waals surface area contributed by atoms with Crippen LogP contribution in [-0.2, 0) is 6.54 Å². The molecular formula is C29H32N4O4. The number of carbonyl (C=O) groups excluding carboxylic acids is 1. The quantitative estimate of drug-likeness (QED) is 0.391. The van der Waals surface area contributed by atoms with Gasteiger partial charge >= 0.3 is 0 Å². The summed E-state index contributed by atoms with van der Waals surface area (Å²) in [6.45, 7) is 7.60. The molecule has 1 amide bonds. The highest BCUT2D eigenvalue weighted by molar-refractivity contribution is 6.01. The standard InChI is InChI=1S/C29H32N4O4/c1-21(24-11-12-27-28(19-24)37-18-17-36-27)30-31-29(34)23-9-7-22(8-10-23)20-32-13-15-33(16-14-32)25-5-3-4-6-26(25)35-2/h3-12,19H,13-18,20H2,1-2H3,(H,31,34)/b30-21-. The van der Waals surface area contributed by atoms with Crippen LogP contribution in [0.1, 0.15) is 28.4 Å². The smallest absolute Gasteiger partial charge is 0.271 e. The third kappa shape index (κ3) is 5.86. The molecule has 0 aliphatic carbocycles. The SMILES string of the molecule is COc1ccccc1N1CCN(Cc2ccc(C(=O)N/N=C(/C)c3ccc4c(c3)OCCO4)cc2)CC1. The van der Waals surface area contributed by atoms with E-state index in [-0.39, 0.29) is 5.91 Å². The average molecular weight is 501 g/mol. The van der Waals surface area contributed by atoms with Gasteiger partial charge in [-0.05, 0) is 55.0 Å². The second kappa shape index (κ2) is 11.3. The van der Waals surface area contributed by atoms with E-state index < -0.39 is 0 Å². The molecule has 0 unspecified atom stereocenters. The number of hydrogen-bond acceptors (Lipinski definition) is 7. The Labute approximate surface area is 217 Å². The lowest BCUT2D eigenvalue weighted by Gasteiger charge is -2.36. The van der Waals surface area contributed by atoms with Crippen LogP contribution in [0.4, 0.5) is 5.69 Å². The molecule has 2 heterocycles. The second-order valence-corrected chi connectivity index (χ2v) is 9.13. The first-order chi connectivity index (χ1) is 18.1. The fourth-order valence-electron chi connectivity index (χ4n) is 4.59. The highest BCUT2D eigenvalue weighted by atomic mass is 16.6. The van der Waals surface area contributed by atoms with Crippen molar-refractivity contribution in [3.05, 3.63) is 83.4 Å². The zero-order chi connectivity index (χ0) is 25.6. The van der Waals surface area contributed by atoms with Gasteiger partial charge in [-0.25, -0.2) is 5.43 Å². The number of piperazine rings is 1. The average Bonchev–Trinajstić information content (AvgIpc) is 2.96. The monoisotopic (exact) mass is 500 g/mol.